The first-order chi connectivity index (χ1) is 20.0. The highest BCUT2D eigenvalue weighted by Crippen LogP contribution is 2.36. The smallest absolute Gasteiger partial charge is 0.274 e. The largest absolute Gasteiger partial charge is 0.383 e. The second kappa shape index (κ2) is 15.9. The third-order valence-electron chi connectivity index (χ3n) is 7.98. The summed E-state index contributed by atoms with van der Waals surface area (Å²) in [4.78, 5) is 20.7. The van der Waals surface area contributed by atoms with E-state index in [9.17, 15) is 13.6 Å². The van der Waals surface area contributed by atoms with Gasteiger partial charge in [0.05, 0.1) is 43.1 Å². The van der Waals surface area contributed by atoms with E-state index in [1.165, 1.54) is 0 Å². The second-order valence-corrected chi connectivity index (χ2v) is 11.5. The number of nitrogens with zero attached hydrogens (tertiary/aromatic N) is 5. The predicted octanol–water partition coefficient (Wildman–Crippen LogP) is 2.40. The molecule has 0 radical (unpaired) electrons. The predicted molar refractivity (Wildman–Crippen MR) is 158 cm³/mol. The van der Waals surface area contributed by atoms with Crippen molar-refractivity contribution in [1.29, 1.82) is 0 Å². The van der Waals surface area contributed by atoms with Gasteiger partial charge in [0, 0.05) is 71.2 Å². The zero-order valence-corrected chi connectivity index (χ0v) is 25.4. The van der Waals surface area contributed by atoms with Gasteiger partial charge in [-0.2, -0.15) is 5.10 Å². The van der Waals surface area contributed by atoms with E-state index >= 15 is 0 Å². The van der Waals surface area contributed by atoms with Crippen molar-refractivity contribution in [2.24, 2.45) is 0 Å². The van der Waals surface area contributed by atoms with Crippen molar-refractivity contribution in [3.63, 3.8) is 0 Å². The molecule has 2 aromatic rings. The topological polar surface area (TPSA) is 110 Å². The molecule has 228 valence electrons. The van der Waals surface area contributed by atoms with Crippen LogP contribution in [-0.4, -0.2) is 132 Å². The van der Waals surface area contributed by atoms with E-state index in [1.54, 1.807) is 31.3 Å². The molecule has 1 aromatic heterocycles. The fourth-order valence-corrected chi connectivity index (χ4v) is 6.30. The molecule has 0 spiro atoms. The summed E-state index contributed by atoms with van der Waals surface area (Å²) in [5.41, 5.74) is 2.68. The summed E-state index contributed by atoms with van der Waals surface area (Å²) >= 11 is -2.18. The van der Waals surface area contributed by atoms with Gasteiger partial charge in [0.1, 0.15) is 0 Å². The van der Waals surface area contributed by atoms with Crippen LogP contribution in [0.1, 0.15) is 41.9 Å². The van der Waals surface area contributed by atoms with Gasteiger partial charge < -0.3 is 23.7 Å². The minimum Gasteiger partial charge on any atom is -0.383 e. The molecule has 1 N–H and O–H groups in total. The van der Waals surface area contributed by atoms with Gasteiger partial charge in [-0.25, -0.2) is 4.21 Å². The maximum atomic E-state index is 13.7. The van der Waals surface area contributed by atoms with E-state index in [1.807, 2.05) is 23.7 Å². The van der Waals surface area contributed by atoms with Gasteiger partial charge in [-0.05, 0) is 31.9 Å². The van der Waals surface area contributed by atoms with Gasteiger partial charge in [-0.1, -0.05) is 25.1 Å². The Morgan fingerprint density at radius 2 is 1.83 bits per heavy atom. The summed E-state index contributed by atoms with van der Waals surface area (Å²) in [5, 5.41) is 5.00. The average molecular weight is 592 g/mol. The van der Waals surface area contributed by atoms with Crippen molar-refractivity contribution in [2.75, 3.05) is 93.0 Å². The molecular weight excluding hydrogens is 546 g/mol. The molecule has 1 aromatic carbocycles. The monoisotopic (exact) mass is 591 g/mol. The quantitative estimate of drug-likeness (QED) is 0.331. The molecule has 0 bridgehead atoms. The second-order valence-electron chi connectivity index (χ2n) is 10.5. The van der Waals surface area contributed by atoms with Crippen molar-refractivity contribution in [2.45, 2.75) is 37.1 Å². The minimum atomic E-state index is -2.18. The molecule has 12 heteroatoms. The van der Waals surface area contributed by atoms with Crippen molar-refractivity contribution in [1.82, 2.24) is 24.5 Å². The van der Waals surface area contributed by atoms with Crippen LogP contribution in [0.4, 0.5) is 0 Å². The number of hydrogen-bond acceptors (Lipinski definition) is 8. The van der Waals surface area contributed by atoms with Crippen molar-refractivity contribution < 1.29 is 27.8 Å². The zero-order valence-electron chi connectivity index (χ0n) is 24.6. The highest BCUT2D eigenvalue weighted by atomic mass is 32.2. The molecule has 4 rings (SSSR count). The zero-order chi connectivity index (χ0) is 29.2. The lowest BCUT2D eigenvalue weighted by molar-refractivity contribution is 0.0297. The van der Waals surface area contributed by atoms with Crippen LogP contribution in [0.15, 0.2) is 29.2 Å². The Morgan fingerprint density at radius 1 is 1.12 bits per heavy atom. The molecule has 2 fully saturated rings. The molecule has 2 aliphatic rings. The SMILES string of the molecule is CCc1c(C(=O)N2CCOCC2)nn([C@H]2CCCN(CCN(CCOC)CCOC)C2)c1-c1ccccc1S(=O)O. The number of amides is 1. The highest BCUT2D eigenvalue weighted by molar-refractivity contribution is 7.79. The first-order valence-electron chi connectivity index (χ1n) is 14.6. The van der Waals surface area contributed by atoms with Crippen LogP contribution in [0, 0.1) is 0 Å². The van der Waals surface area contributed by atoms with E-state index in [-0.39, 0.29) is 11.9 Å². The average Bonchev–Trinajstić information content (AvgIpc) is 3.40. The Morgan fingerprint density at radius 3 is 2.49 bits per heavy atom. The molecule has 3 heterocycles. The van der Waals surface area contributed by atoms with Gasteiger partial charge in [-0.15, -0.1) is 0 Å². The van der Waals surface area contributed by atoms with E-state index in [0.29, 0.717) is 62.1 Å². The van der Waals surface area contributed by atoms with Gasteiger partial charge in [0.2, 0.25) is 0 Å². The number of likely N-dealkylation sites (tertiary alicyclic amines) is 1. The van der Waals surface area contributed by atoms with Crippen LogP contribution in [0.5, 0.6) is 0 Å². The summed E-state index contributed by atoms with van der Waals surface area (Å²) in [6, 6.07) is 7.20. The maximum absolute atomic E-state index is 13.7. The Kier molecular flexibility index (Phi) is 12.3. The van der Waals surface area contributed by atoms with E-state index < -0.39 is 11.1 Å². The molecule has 11 nitrogen and oxygen atoms in total. The number of piperidine rings is 1. The Labute approximate surface area is 246 Å². The van der Waals surface area contributed by atoms with Crippen molar-refractivity contribution in [3.05, 3.63) is 35.5 Å². The van der Waals surface area contributed by atoms with Gasteiger partial charge >= 0.3 is 0 Å². The van der Waals surface area contributed by atoms with Crippen LogP contribution >= 0.6 is 0 Å². The van der Waals surface area contributed by atoms with E-state index in [4.69, 9.17) is 19.3 Å². The van der Waals surface area contributed by atoms with E-state index in [0.717, 1.165) is 63.4 Å². The third-order valence-corrected chi connectivity index (χ3v) is 8.71. The molecule has 2 saturated heterocycles. The molecule has 1 unspecified atom stereocenters. The number of rotatable bonds is 14. The molecule has 0 saturated carbocycles. The third kappa shape index (κ3) is 8.01. The maximum Gasteiger partial charge on any atom is 0.274 e. The van der Waals surface area contributed by atoms with Gasteiger partial charge in [0.15, 0.2) is 16.8 Å². The summed E-state index contributed by atoms with van der Waals surface area (Å²) in [6.07, 6.45) is 2.50. The first-order valence-corrected chi connectivity index (χ1v) is 15.7. The lowest BCUT2D eigenvalue weighted by Gasteiger charge is -2.35. The standard InChI is InChI=1S/C29H45N5O6S/c1-4-24-27(29(35)33-16-20-40-21-17-33)30-34(28(24)25-9-5-6-10-26(25)41(36)37)23-8-7-11-32(22-23)13-12-31(14-18-38-2)15-19-39-3/h5-6,9-10,23H,4,7-8,11-22H2,1-3H3,(H,36,37)/t23-/m0/s1. The number of benzene rings is 1. The van der Waals surface area contributed by atoms with Crippen LogP contribution in [0.25, 0.3) is 11.3 Å². The van der Waals surface area contributed by atoms with E-state index in [2.05, 4.69) is 9.80 Å². The van der Waals surface area contributed by atoms with Crippen molar-refractivity contribution >= 4 is 17.0 Å². The number of carbonyl (C=O) groups excluding carboxylic acids is 1. The molecule has 2 atom stereocenters. The van der Waals surface area contributed by atoms with Gasteiger partial charge in [0.25, 0.3) is 5.91 Å². The Bertz CT molecular complexity index is 1150. The van der Waals surface area contributed by atoms with Gasteiger partial charge in [-0.3, -0.25) is 19.3 Å². The molecule has 2 aliphatic heterocycles. The summed E-state index contributed by atoms with van der Waals surface area (Å²) < 4.78 is 40.6. The lowest BCUT2D eigenvalue weighted by atomic mass is 10.0. The fourth-order valence-electron chi connectivity index (χ4n) is 5.75. The number of ether oxygens (including phenoxy) is 3. The lowest BCUT2D eigenvalue weighted by Crippen LogP contribution is -2.43. The summed E-state index contributed by atoms with van der Waals surface area (Å²) in [6.45, 7) is 10.7. The number of methoxy groups -OCH3 is 2. The highest BCUT2D eigenvalue weighted by Gasteiger charge is 2.32. The van der Waals surface area contributed by atoms with Crippen LogP contribution < -0.4 is 0 Å². The number of carbonyl (C=O) groups is 1. The normalized spacial score (nSPS) is 19.1. The Balaban J connectivity index is 1.65. The Hall–Kier alpha value is -2.19. The minimum absolute atomic E-state index is 0.0295. The van der Waals surface area contributed by atoms with Crippen molar-refractivity contribution in [3.8, 4) is 11.3 Å². The fraction of sp³-hybridized carbons (Fsp3) is 0.655. The molecule has 41 heavy (non-hydrogen) atoms. The summed E-state index contributed by atoms with van der Waals surface area (Å²) in [5.74, 6) is -0.104. The molecule has 1 amide bonds. The molecule has 0 aliphatic carbocycles. The number of aromatic nitrogens is 2. The molecular formula is C29H45N5O6S. The first kappa shape index (κ1) is 31.7. The summed E-state index contributed by atoms with van der Waals surface area (Å²) in [7, 11) is 3.44. The van der Waals surface area contributed by atoms with Crippen LogP contribution in [0.2, 0.25) is 0 Å². The number of hydrogen-bond donors (Lipinski definition) is 1. The van der Waals surface area contributed by atoms with Crippen LogP contribution in [-0.2, 0) is 31.7 Å². The number of morpholine rings is 1. The van der Waals surface area contributed by atoms with Crippen LogP contribution in [0.3, 0.4) is 0 Å².